The summed E-state index contributed by atoms with van der Waals surface area (Å²) in [7, 11) is 0. The van der Waals surface area contributed by atoms with Crippen molar-refractivity contribution < 1.29 is 9.53 Å². The molecule has 29 heavy (non-hydrogen) atoms. The monoisotopic (exact) mass is 457 g/mol. The zero-order valence-electron chi connectivity index (χ0n) is 16.8. The van der Waals surface area contributed by atoms with Crippen LogP contribution in [0.3, 0.4) is 0 Å². The van der Waals surface area contributed by atoms with Crippen LogP contribution in [0.15, 0.2) is 34.9 Å². The topological polar surface area (TPSA) is 72.3 Å². The van der Waals surface area contributed by atoms with E-state index in [4.69, 9.17) is 4.74 Å². The summed E-state index contributed by atoms with van der Waals surface area (Å²) < 4.78 is 8.24. The van der Waals surface area contributed by atoms with E-state index in [2.05, 4.69) is 50.1 Å². The molecule has 0 atom stereocenters. The SMILES string of the molecule is Cc1nc2c(cnn2C(C)C)cc1C(=O)Nc1cc(Br)ccc1N1CCOCC1. The summed E-state index contributed by atoms with van der Waals surface area (Å²) in [5.74, 6) is -0.179. The Hall–Kier alpha value is -2.45. The summed E-state index contributed by atoms with van der Waals surface area (Å²) in [6, 6.07) is 8.01. The molecule has 1 amide bonds. The van der Waals surface area contributed by atoms with Crippen molar-refractivity contribution >= 4 is 44.2 Å². The Balaban J connectivity index is 1.66. The van der Waals surface area contributed by atoms with Crippen LogP contribution in [0.1, 0.15) is 35.9 Å². The molecule has 3 heterocycles. The van der Waals surface area contributed by atoms with Crippen molar-refractivity contribution in [2.75, 3.05) is 36.5 Å². The molecule has 8 heteroatoms. The molecule has 1 saturated heterocycles. The average molecular weight is 458 g/mol. The number of aromatic nitrogens is 3. The molecule has 1 N–H and O–H groups in total. The van der Waals surface area contributed by atoms with Gasteiger partial charge in [0.2, 0.25) is 0 Å². The second-order valence-electron chi connectivity index (χ2n) is 7.43. The quantitative estimate of drug-likeness (QED) is 0.636. The maximum absolute atomic E-state index is 13.1. The molecule has 0 unspecified atom stereocenters. The summed E-state index contributed by atoms with van der Waals surface area (Å²) in [5, 5.41) is 8.34. The Morgan fingerprint density at radius 3 is 2.72 bits per heavy atom. The first-order valence-electron chi connectivity index (χ1n) is 9.72. The molecule has 0 aliphatic carbocycles. The van der Waals surface area contributed by atoms with Gasteiger partial charge in [-0.05, 0) is 45.0 Å². The van der Waals surface area contributed by atoms with Crippen LogP contribution in [0, 0.1) is 6.92 Å². The summed E-state index contributed by atoms with van der Waals surface area (Å²) in [5.41, 5.74) is 3.78. The molecule has 152 valence electrons. The second kappa shape index (κ2) is 8.12. The highest BCUT2D eigenvalue weighted by Crippen LogP contribution is 2.31. The molecule has 2 aromatic heterocycles. The molecular weight excluding hydrogens is 434 g/mol. The van der Waals surface area contributed by atoms with Crippen LogP contribution in [-0.2, 0) is 4.74 Å². The van der Waals surface area contributed by atoms with Crippen LogP contribution < -0.4 is 10.2 Å². The third-order valence-electron chi connectivity index (χ3n) is 5.05. The van der Waals surface area contributed by atoms with Gasteiger partial charge in [-0.1, -0.05) is 15.9 Å². The lowest BCUT2D eigenvalue weighted by atomic mass is 10.1. The predicted octanol–water partition coefficient (Wildman–Crippen LogP) is 4.17. The number of pyridine rings is 1. The number of nitrogens with one attached hydrogen (secondary N) is 1. The van der Waals surface area contributed by atoms with Crippen molar-refractivity contribution in [3.63, 3.8) is 0 Å². The third-order valence-corrected chi connectivity index (χ3v) is 5.55. The molecule has 1 aliphatic heterocycles. The number of aryl methyl sites for hydroxylation is 1. The summed E-state index contributed by atoms with van der Waals surface area (Å²) in [6.45, 7) is 8.94. The van der Waals surface area contributed by atoms with Crippen molar-refractivity contribution in [2.24, 2.45) is 0 Å². The van der Waals surface area contributed by atoms with E-state index in [-0.39, 0.29) is 11.9 Å². The number of carbonyl (C=O) groups is 1. The van der Waals surface area contributed by atoms with E-state index in [1.54, 1.807) is 6.20 Å². The minimum Gasteiger partial charge on any atom is -0.378 e. The normalized spacial score (nSPS) is 14.6. The van der Waals surface area contributed by atoms with Crippen molar-refractivity contribution in [2.45, 2.75) is 26.8 Å². The Labute approximate surface area is 178 Å². The molecule has 1 fully saturated rings. The average Bonchev–Trinajstić information content (AvgIpc) is 3.11. The second-order valence-corrected chi connectivity index (χ2v) is 8.35. The molecule has 1 aromatic carbocycles. The standard InChI is InChI=1S/C21H24BrN5O2/c1-13(2)27-20-15(12-23-27)10-17(14(3)24-20)21(28)25-18-11-16(22)4-5-19(18)26-6-8-29-9-7-26/h4-5,10-13H,6-9H2,1-3H3,(H,25,28). The van der Waals surface area contributed by atoms with Gasteiger partial charge in [0.1, 0.15) is 0 Å². The summed E-state index contributed by atoms with van der Waals surface area (Å²) in [4.78, 5) is 20.0. The van der Waals surface area contributed by atoms with Crippen molar-refractivity contribution in [1.82, 2.24) is 14.8 Å². The number of carbonyl (C=O) groups excluding carboxylic acids is 1. The Morgan fingerprint density at radius 1 is 1.24 bits per heavy atom. The summed E-state index contributed by atoms with van der Waals surface area (Å²) in [6.07, 6.45) is 1.76. The first-order chi connectivity index (χ1) is 13.9. The van der Waals surface area contributed by atoms with Crippen LogP contribution in [0.5, 0.6) is 0 Å². The van der Waals surface area contributed by atoms with Gasteiger partial charge in [0.05, 0.1) is 42.0 Å². The first kappa shape index (κ1) is 19.8. The number of amides is 1. The highest BCUT2D eigenvalue weighted by atomic mass is 79.9. The Morgan fingerprint density at radius 2 is 2.00 bits per heavy atom. The van der Waals surface area contributed by atoms with Crippen LogP contribution in [-0.4, -0.2) is 47.0 Å². The zero-order valence-corrected chi connectivity index (χ0v) is 18.4. The maximum Gasteiger partial charge on any atom is 0.257 e. The predicted molar refractivity (Wildman–Crippen MR) is 118 cm³/mol. The molecule has 0 saturated carbocycles. The van der Waals surface area contributed by atoms with Crippen LogP contribution in [0.2, 0.25) is 0 Å². The maximum atomic E-state index is 13.1. The number of ether oxygens (including phenoxy) is 1. The smallest absolute Gasteiger partial charge is 0.257 e. The molecule has 3 aromatic rings. The van der Waals surface area contributed by atoms with E-state index in [1.807, 2.05) is 35.9 Å². The van der Waals surface area contributed by atoms with E-state index < -0.39 is 0 Å². The van der Waals surface area contributed by atoms with Gasteiger partial charge in [0.25, 0.3) is 5.91 Å². The molecule has 1 aliphatic rings. The van der Waals surface area contributed by atoms with Gasteiger partial charge in [-0.2, -0.15) is 5.10 Å². The first-order valence-corrected chi connectivity index (χ1v) is 10.5. The number of benzene rings is 1. The highest BCUT2D eigenvalue weighted by molar-refractivity contribution is 9.10. The Bertz CT molecular complexity index is 1060. The van der Waals surface area contributed by atoms with E-state index >= 15 is 0 Å². The van der Waals surface area contributed by atoms with Gasteiger partial charge >= 0.3 is 0 Å². The van der Waals surface area contributed by atoms with E-state index in [0.717, 1.165) is 40.0 Å². The van der Waals surface area contributed by atoms with E-state index in [0.29, 0.717) is 24.5 Å². The summed E-state index contributed by atoms with van der Waals surface area (Å²) >= 11 is 3.51. The molecule has 0 spiro atoms. The zero-order chi connectivity index (χ0) is 20.5. The van der Waals surface area contributed by atoms with Gasteiger partial charge in [-0.3, -0.25) is 4.79 Å². The molecule has 0 radical (unpaired) electrons. The van der Waals surface area contributed by atoms with Crippen LogP contribution in [0.25, 0.3) is 11.0 Å². The Kier molecular flexibility index (Phi) is 5.56. The largest absolute Gasteiger partial charge is 0.378 e. The minimum absolute atomic E-state index is 0.179. The molecular formula is C21H24BrN5O2. The van der Waals surface area contributed by atoms with Gasteiger partial charge < -0.3 is 15.0 Å². The van der Waals surface area contributed by atoms with Crippen molar-refractivity contribution in [1.29, 1.82) is 0 Å². The minimum atomic E-state index is -0.179. The fourth-order valence-electron chi connectivity index (χ4n) is 3.55. The molecule has 0 bridgehead atoms. The lowest BCUT2D eigenvalue weighted by Crippen LogP contribution is -2.36. The van der Waals surface area contributed by atoms with E-state index in [1.165, 1.54) is 0 Å². The van der Waals surface area contributed by atoms with Gasteiger partial charge in [0.15, 0.2) is 5.65 Å². The fraction of sp³-hybridized carbons (Fsp3) is 0.381. The lowest BCUT2D eigenvalue weighted by Gasteiger charge is -2.30. The molecule has 7 nitrogen and oxygen atoms in total. The lowest BCUT2D eigenvalue weighted by molar-refractivity contribution is 0.102. The van der Waals surface area contributed by atoms with E-state index in [9.17, 15) is 4.79 Å². The fourth-order valence-corrected chi connectivity index (χ4v) is 3.91. The third kappa shape index (κ3) is 4.00. The molecule has 4 rings (SSSR count). The number of anilines is 2. The number of halogens is 1. The van der Waals surface area contributed by atoms with Gasteiger partial charge in [-0.25, -0.2) is 9.67 Å². The van der Waals surface area contributed by atoms with Gasteiger partial charge in [-0.15, -0.1) is 0 Å². The van der Waals surface area contributed by atoms with Crippen LogP contribution in [0.4, 0.5) is 11.4 Å². The number of fused-ring (bicyclic) bond motifs is 1. The van der Waals surface area contributed by atoms with Crippen molar-refractivity contribution in [3.05, 3.63) is 46.2 Å². The number of morpholine rings is 1. The number of rotatable bonds is 4. The van der Waals surface area contributed by atoms with Crippen LogP contribution >= 0.6 is 15.9 Å². The van der Waals surface area contributed by atoms with Crippen molar-refractivity contribution in [3.8, 4) is 0 Å². The number of nitrogens with zero attached hydrogens (tertiary/aromatic N) is 4. The highest BCUT2D eigenvalue weighted by Gasteiger charge is 2.19. The number of hydrogen-bond donors (Lipinski definition) is 1. The number of hydrogen-bond acceptors (Lipinski definition) is 5. The van der Waals surface area contributed by atoms with Gasteiger partial charge in [0, 0.05) is 29.0 Å².